The second-order valence-corrected chi connectivity index (χ2v) is 5.46. The number of hydrogen-bond acceptors (Lipinski definition) is 4. The fourth-order valence-electron chi connectivity index (χ4n) is 2.04. The van der Waals surface area contributed by atoms with Crippen LogP contribution in [0.4, 0.5) is 5.69 Å². The highest BCUT2D eigenvalue weighted by atomic mass is 79.9. The average molecular weight is 339 g/mol. The Bertz CT molecular complexity index is 822. The summed E-state index contributed by atoms with van der Waals surface area (Å²) in [6, 6.07) is 13.5. The summed E-state index contributed by atoms with van der Waals surface area (Å²) in [6.07, 6.45) is 3.52. The summed E-state index contributed by atoms with van der Waals surface area (Å²) in [7, 11) is 0. The van der Waals surface area contributed by atoms with Gasteiger partial charge in [0.1, 0.15) is 5.52 Å². The van der Waals surface area contributed by atoms with Gasteiger partial charge in [0, 0.05) is 23.4 Å². The lowest BCUT2D eigenvalue weighted by Crippen LogP contribution is -2.01. The first-order valence-electron chi connectivity index (χ1n) is 6.39. The molecular weight excluding hydrogens is 328 g/mol. The lowest BCUT2D eigenvalue weighted by atomic mass is 10.1. The Kier molecular flexibility index (Phi) is 3.80. The van der Waals surface area contributed by atoms with Gasteiger partial charge in [-0.15, -0.1) is 0 Å². The number of nitrogens with zero attached hydrogens (tertiary/aromatic N) is 3. The summed E-state index contributed by atoms with van der Waals surface area (Å²) < 4.78 is 0.909. The van der Waals surface area contributed by atoms with Crippen LogP contribution in [0.5, 0.6) is 0 Å². The first kappa shape index (κ1) is 13.5. The maximum atomic E-state index is 8.79. The van der Waals surface area contributed by atoms with Gasteiger partial charge in [0.25, 0.3) is 0 Å². The van der Waals surface area contributed by atoms with Crippen molar-refractivity contribution in [2.75, 3.05) is 5.32 Å². The van der Waals surface area contributed by atoms with Crippen molar-refractivity contribution in [3.63, 3.8) is 0 Å². The Morgan fingerprint density at radius 3 is 2.71 bits per heavy atom. The summed E-state index contributed by atoms with van der Waals surface area (Å²) in [6.45, 7) is 0.669. The molecule has 5 heteroatoms. The highest BCUT2D eigenvalue weighted by Gasteiger charge is 2.04. The SMILES string of the molecule is N#Cc1ccc(CNc2ccnc3cc(Br)cnc23)cc1. The molecule has 0 aliphatic heterocycles. The van der Waals surface area contributed by atoms with E-state index in [4.69, 9.17) is 5.26 Å². The highest BCUT2D eigenvalue weighted by Crippen LogP contribution is 2.22. The molecule has 3 aromatic rings. The van der Waals surface area contributed by atoms with Crippen LogP contribution < -0.4 is 5.32 Å². The number of anilines is 1. The van der Waals surface area contributed by atoms with E-state index in [0.29, 0.717) is 12.1 Å². The van der Waals surface area contributed by atoms with Crippen LogP contribution in [0.15, 0.2) is 53.3 Å². The molecule has 2 aromatic heterocycles. The van der Waals surface area contributed by atoms with Crippen LogP contribution in [0.25, 0.3) is 11.0 Å². The minimum atomic E-state index is 0.666. The van der Waals surface area contributed by atoms with E-state index in [-0.39, 0.29) is 0 Å². The van der Waals surface area contributed by atoms with Crippen molar-refractivity contribution in [2.24, 2.45) is 0 Å². The van der Waals surface area contributed by atoms with Gasteiger partial charge in [0.15, 0.2) is 0 Å². The smallest absolute Gasteiger partial charge is 0.112 e. The van der Waals surface area contributed by atoms with Crippen molar-refractivity contribution in [1.29, 1.82) is 5.26 Å². The van der Waals surface area contributed by atoms with Crippen LogP contribution >= 0.6 is 15.9 Å². The molecule has 0 amide bonds. The predicted octanol–water partition coefficient (Wildman–Crippen LogP) is 3.88. The molecule has 1 aromatic carbocycles. The van der Waals surface area contributed by atoms with Crippen LogP contribution in [0.2, 0.25) is 0 Å². The maximum absolute atomic E-state index is 8.79. The van der Waals surface area contributed by atoms with Crippen molar-refractivity contribution in [2.45, 2.75) is 6.54 Å². The molecule has 0 saturated heterocycles. The first-order valence-corrected chi connectivity index (χ1v) is 7.19. The fraction of sp³-hybridized carbons (Fsp3) is 0.0625. The maximum Gasteiger partial charge on any atom is 0.112 e. The number of nitrogens with one attached hydrogen (secondary N) is 1. The van der Waals surface area contributed by atoms with Gasteiger partial charge in [0.05, 0.1) is 22.8 Å². The van der Waals surface area contributed by atoms with Crippen molar-refractivity contribution < 1.29 is 0 Å². The molecule has 4 nitrogen and oxygen atoms in total. The van der Waals surface area contributed by atoms with Crippen molar-refractivity contribution in [1.82, 2.24) is 9.97 Å². The van der Waals surface area contributed by atoms with Crippen LogP contribution in [0.3, 0.4) is 0 Å². The number of aromatic nitrogens is 2. The Labute approximate surface area is 130 Å². The number of rotatable bonds is 3. The zero-order valence-corrected chi connectivity index (χ0v) is 12.6. The number of fused-ring (bicyclic) bond motifs is 1. The molecule has 0 fully saturated rings. The van der Waals surface area contributed by atoms with Crippen LogP contribution in [-0.2, 0) is 6.54 Å². The molecular formula is C16H11BrN4. The summed E-state index contributed by atoms with van der Waals surface area (Å²) in [5.41, 5.74) is 4.40. The molecule has 2 heterocycles. The van der Waals surface area contributed by atoms with E-state index < -0.39 is 0 Å². The molecule has 102 valence electrons. The van der Waals surface area contributed by atoms with Crippen LogP contribution in [0.1, 0.15) is 11.1 Å². The van der Waals surface area contributed by atoms with E-state index in [1.54, 1.807) is 12.4 Å². The van der Waals surface area contributed by atoms with Gasteiger partial charge >= 0.3 is 0 Å². The van der Waals surface area contributed by atoms with Crippen molar-refractivity contribution in [3.8, 4) is 6.07 Å². The Morgan fingerprint density at radius 2 is 1.95 bits per heavy atom. The topological polar surface area (TPSA) is 61.6 Å². The predicted molar refractivity (Wildman–Crippen MR) is 85.7 cm³/mol. The molecule has 0 unspecified atom stereocenters. The minimum absolute atomic E-state index is 0.666. The van der Waals surface area contributed by atoms with E-state index in [1.165, 1.54) is 0 Å². The number of pyridine rings is 2. The highest BCUT2D eigenvalue weighted by molar-refractivity contribution is 9.10. The van der Waals surface area contributed by atoms with E-state index in [2.05, 4.69) is 37.3 Å². The Morgan fingerprint density at radius 1 is 1.14 bits per heavy atom. The molecule has 0 spiro atoms. The third kappa shape index (κ3) is 3.01. The van der Waals surface area contributed by atoms with Gasteiger partial charge in [-0.25, -0.2) is 0 Å². The molecule has 0 radical (unpaired) electrons. The second kappa shape index (κ2) is 5.90. The van der Waals surface area contributed by atoms with Gasteiger partial charge in [-0.3, -0.25) is 9.97 Å². The van der Waals surface area contributed by atoms with E-state index in [1.807, 2.05) is 36.4 Å². The molecule has 0 saturated carbocycles. The lowest BCUT2D eigenvalue weighted by molar-refractivity contribution is 1.14. The van der Waals surface area contributed by atoms with Gasteiger partial charge in [-0.1, -0.05) is 12.1 Å². The normalized spacial score (nSPS) is 10.3. The zero-order chi connectivity index (χ0) is 14.7. The van der Waals surface area contributed by atoms with Gasteiger partial charge in [-0.2, -0.15) is 5.26 Å². The zero-order valence-electron chi connectivity index (χ0n) is 11.0. The molecule has 0 bridgehead atoms. The largest absolute Gasteiger partial charge is 0.379 e. The quantitative estimate of drug-likeness (QED) is 0.787. The van der Waals surface area contributed by atoms with Gasteiger partial charge < -0.3 is 5.32 Å². The van der Waals surface area contributed by atoms with Crippen LogP contribution in [0, 0.1) is 11.3 Å². The van der Waals surface area contributed by atoms with Gasteiger partial charge in [-0.05, 0) is 45.8 Å². The van der Waals surface area contributed by atoms with Gasteiger partial charge in [0.2, 0.25) is 0 Å². The number of hydrogen-bond donors (Lipinski definition) is 1. The van der Waals surface area contributed by atoms with E-state index in [0.717, 1.165) is 26.8 Å². The number of halogens is 1. The average Bonchev–Trinajstić information content (AvgIpc) is 2.53. The molecule has 21 heavy (non-hydrogen) atoms. The first-order chi connectivity index (χ1) is 10.3. The molecule has 3 rings (SSSR count). The molecule has 0 atom stereocenters. The summed E-state index contributed by atoms with van der Waals surface area (Å²) in [4.78, 5) is 8.72. The third-order valence-corrected chi connectivity index (χ3v) is 3.54. The van der Waals surface area contributed by atoms with Crippen molar-refractivity contribution >= 4 is 32.7 Å². The summed E-state index contributed by atoms with van der Waals surface area (Å²) >= 11 is 3.40. The van der Waals surface area contributed by atoms with E-state index >= 15 is 0 Å². The van der Waals surface area contributed by atoms with E-state index in [9.17, 15) is 0 Å². The van der Waals surface area contributed by atoms with Crippen LogP contribution in [-0.4, -0.2) is 9.97 Å². The Balaban J connectivity index is 1.83. The number of benzene rings is 1. The minimum Gasteiger partial charge on any atom is -0.379 e. The monoisotopic (exact) mass is 338 g/mol. The standard InChI is InChI=1S/C16H11BrN4/c17-13-7-15-16(21-10-13)14(5-6-19-15)20-9-12-3-1-11(8-18)2-4-12/h1-7,10H,9H2,(H,19,20). The molecule has 0 aliphatic carbocycles. The summed E-state index contributed by atoms with van der Waals surface area (Å²) in [5.74, 6) is 0. The molecule has 0 aliphatic rings. The molecule has 1 N–H and O–H groups in total. The fourth-order valence-corrected chi connectivity index (χ4v) is 2.36. The van der Waals surface area contributed by atoms with Crippen molar-refractivity contribution in [3.05, 3.63) is 64.4 Å². The Hall–Kier alpha value is -2.45. The lowest BCUT2D eigenvalue weighted by Gasteiger charge is -2.09. The second-order valence-electron chi connectivity index (χ2n) is 4.54. The third-order valence-electron chi connectivity index (χ3n) is 3.11. The number of nitriles is 1. The summed E-state index contributed by atoms with van der Waals surface area (Å²) in [5, 5.41) is 12.2.